The average molecular weight is 1300 g/mol. The Morgan fingerprint density at radius 1 is 0.554 bits per heavy atom. The second kappa shape index (κ2) is 38.8. The van der Waals surface area contributed by atoms with Crippen molar-refractivity contribution in [1.29, 1.82) is 0 Å². The molecular weight excluding hydrogens is 1200 g/mol. The second-order valence-corrected chi connectivity index (χ2v) is 23.5. The van der Waals surface area contributed by atoms with Crippen LogP contribution in [-0.4, -0.2) is 213 Å². The molecule has 4 rings (SSSR count). The minimum atomic E-state index is -1.90. The van der Waals surface area contributed by atoms with Gasteiger partial charge >= 0.3 is 17.9 Å². The number of fused-ring (bicyclic) bond motifs is 2. The largest absolute Gasteiger partial charge is 0.481 e. The first-order valence-corrected chi connectivity index (χ1v) is 31.7. The zero-order valence-corrected chi connectivity index (χ0v) is 52.8. The van der Waals surface area contributed by atoms with Crippen LogP contribution in [0.4, 0.5) is 0 Å². The molecule has 14 N–H and O–H groups in total. The molecule has 1 aromatic carbocycles. The minimum absolute atomic E-state index is 0.0211. The van der Waals surface area contributed by atoms with Crippen molar-refractivity contribution in [2.75, 3.05) is 39.3 Å². The summed E-state index contributed by atoms with van der Waals surface area (Å²) in [7, 11) is 0. The number of unbranched alkanes of at least 4 members (excludes halogenated alkanes) is 9. The Morgan fingerprint density at radius 2 is 1.04 bits per heavy atom. The number of rotatable bonds is 24. The Morgan fingerprint density at radius 3 is 1.57 bits per heavy atom. The number of carbonyl (C=O) groups excluding carboxylic acids is 12. The fourth-order valence-electron chi connectivity index (χ4n) is 10.9. The molecule has 3 heterocycles. The van der Waals surface area contributed by atoms with Gasteiger partial charge in [-0.3, -0.25) is 71.9 Å². The van der Waals surface area contributed by atoms with Gasteiger partial charge in [0.05, 0.1) is 45.0 Å². The maximum atomic E-state index is 14.9. The number of carboxylic acids is 3. The molecule has 0 radical (unpaired) electrons. The fraction of sp³-hybridized carbons (Fsp3) is 0.656. The molecule has 12 amide bonds. The minimum Gasteiger partial charge on any atom is -0.481 e. The number of carboxylic acid groups (broad SMARTS) is 3. The average Bonchev–Trinajstić information content (AvgIpc) is 1.73. The highest BCUT2D eigenvalue weighted by Crippen LogP contribution is 2.23. The van der Waals surface area contributed by atoms with E-state index in [-0.39, 0.29) is 44.3 Å². The normalized spacial score (nSPS) is 23.3. The Labute approximate surface area is 533 Å². The molecule has 0 bridgehead atoms. The van der Waals surface area contributed by atoms with Gasteiger partial charge in [-0.15, -0.1) is 0 Å². The highest BCUT2D eigenvalue weighted by atomic mass is 16.4. The van der Waals surface area contributed by atoms with Gasteiger partial charge in [0.2, 0.25) is 65.0 Å². The summed E-state index contributed by atoms with van der Waals surface area (Å²) in [5.41, 5.74) is 1.06. The third kappa shape index (κ3) is 25.1. The van der Waals surface area contributed by atoms with E-state index in [1.54, 1.807) is 26.0 Å². The highest BCUT2D eigenvalue weighted by Gasteiger charge is 2.43. The van der Waals surface area contributed by atoms with Gasteiger partial charge in [0.1, 0.15) is 48.3 Å². The number of amides is 12. The molecule has 0 saturated carbocycles. The summed E-state index contributed by atoms with van der Waals surface area (Å²) >= 11 is 0. The van der Waals surface area contributed by atoms with Crippen molar-refractivity contribution in [3.63, 3.8) is 0 Å². The molecule has 0 aliphatic carbocycles. The van der Waals surface area contributed by atoms with E-state index in [4.69, 9.17) is 0 Å². The molecule has 3 aliphatic heterocycles. The Balaban J connectivity index is 1.67. The summed E-state index contributed by atoms with van der Waals surface area (Å²) in [5, 5.41) is 62.8. The summed E-state index contributed by atoms with van der Waals surface area (Å²) in [6.45, 7) is 2.82. The lowest BCUT2D eigenvalue weighted by Gasteiger charge is -2.37. The summed E-state index contributed by atoms with van der Waals surface area (Å²) < 4.78 is 0. The monoisotopic (exact) mass is 1300 g/mol. The van der Waals surface area contributed by atoms with Crippen molar-refractivity contribution in [3.8, 4) is 0 Å². The zero-order valence-electron chi connectivity index (χ0n) is 52.8. The van der Waals surface area contributed by atoms with Crippen molar-refractivity contribution in [2.24, 2.45) is 5.92 Å². The maximum Gasteiger partial charge on any atom is 0.305 e. The third-order valence-corrected chi connectivity index (χ3v) is 16.2. The van der Waals surface area contributed by atoms with Crippen LogP contribution in [0.1, 0.15) is 166 Å². The van der Waals surface area contributed by atoms with E-state index in [0.29, 0.717) is 12.8 Å². The van der Waals surface area contributed by atoms with E-state index in [1.807, 2.05) is 0 Å². The predicted octanol–water partition coefficient (Wildman–Crippen LogP) is -1.63. The Kier molecular flexibility index (Phi) is 31.9. The van der Waals surface area contributed by atoms with Crippen LogP contribution >= 0.6 is 0 Å². The fourth-order valence-corrected chi connectivity index (χ4v) is 10.9. The summed E-state index contributed by atoms with van der Waals surface area (Å²) in [6.07, 6.45) is 8.83. The van der Waals surface area contributed by atoms with Crippen LogP contribution in [-0.2, 0) is 73.5 Å². The molecule has 0 aromatic heterocycles. The number of nitrogens with one attached hydrogen (secondary N) is 10. The first-order chi connectivity index (χ1) is 43.7. The molecule has 31 heteroatoms. The highest BCUT2D eigenvalue weighted by molar-refractivity contribution is 6.01. The lowest BCUT2D eigenvalue weighted by Crippen LogP contribution is -2.63. The van der Waals surface area contributed by atoms with E-state index < -0.39 is 195 Å². The quantitative estimate of drug-likeness (QED) is 0.0517. The van der Waals surface area contributed by atoms with Crippen molar-refractivity contribution in [3.05, 3.63) is 35.4 Å². The van der Waals surface area contributed by atoms with Crippen LogP contribution < -0.4 is 53.2 Å². The lowest BCUT2D eigenvalue weighted by molar-refractivity contribution is -0.146. The summed E-state index contributed by atoms with van der Waals surface area (Å²) in [5.74, 6) is -18.0. The number of hydrogen-bond acceptors (Lipinski definition) is 16. The van der Waals surface area contributed by atoms with Crippen molar-refractivity contribution >= 4 is 88.8 Å². The van der Waals surface area contributed by atoms with Gasteiger partial charge in [-0.2, -0.15) is 0 Å². The van der Waals surface area contributed by atoms with E-state index in [2.05, 4.69) is 60.1 Å². The summed E-state index contributed by atoms with van der Waals surface area (Å²) in [4.78, 5) is 204. The number of aliphatic hydroxyl groups excluding tert-OH is 1. The van der Waals surface area contributed by atoms with E-state index in [1.165, 1.54) is 55.6 Å². The van der Waals surface area contributed by atoms with Gasteiger partial charge < -0.3 is 83.4 Å². The molecule has 510 valence electrons. The van der Waals surface area contributed by atoms with E-state index >= 15 is 0 Å². The number of carbonyl (C=O) groups is 15. The van der Waals surface area contributed by atoms with Gasteiger partial charge in [-0.05, 0) is 75.5 Å². The van der Waals surface area contributed by atoms with E-state index in [0.717, 1.165) is 49.5 Å². The van der Waals surface area contributed by atoms with Crippen LogP contribution in [0.2, 0.25) is 0 Å². The molecule has 0 spiro atoms. The lowest BCUT2D eigenvalue weighted by atomic mass is 9.96. The first-order valence-electron chi connectivity index (χ1n) is 31.7. The molecule has 3 fully saturated rings. The standard InChI is InChI=1S/C61H92N12O19/c1-5-7-8-9-10-11-12-13-14-15-19-37-22-24-38(25-23-37)53(84)68-41(30-50(82)83)56(87)69-42-31-62-57(88)44-21-18-27-73(44)61(92)51(35(3)6-2)71-59(90)52(36(4)74)70-47(77)34-64-55(86)40(29-49(80)81)66-45(75)32-63-54(85)39(28-48(78)79)67-46(76)33-65-58(89)43-20-16-17-26-72(43)60(42)91/h22-25,35-36,39-44,51-52,74H,5-21,26-34H2,1-4H3,(H,62,88)(H,63,85)(H,64,86)(H,65,89)(H,66,75)(H,67,76)(H,68,84)(H,69,87)(H,70,77)(H,71,90)(H,78,79)(H,80,81)(H,82,83)/t35-,36-,39+,40+,41+,42+,43+,44+,51+,52+/m1/s1. The third-order valence-electron chi connectivity index (χ3n) is 16.2. The van der Waals surface area contributed by atoms with Crippen LogP contribution in [0.3, 0.4) is 0 Å². The Bertz CT molecular complexity index is 2780. The van der Waals surface area contributed by atoms with Gasteiger partial charge in [0.25, 0.3) is 5.91 Å². The van der Waals surface area contributed by atoms with Gasteiger partial charge in [-0.1, -0.05) is 97.1 Å². The number of aliphatic carboxylic acids is 3. The van der Waals surface area contributed by atoms with Crippen LogP contribution in [0.15, 0.2) is 24.3 Å². The number of aryl methyl sites for hydroxylation is 1. The first kappa shape index (κ1) is 75.7. The zero-order chi connectivity index (χ0) is 68.0. The number of nitrogens with zero attached hydrogens (tertiary/aromatic N) is 2. The Hall–Kier alpha value is -8.77. The van der Waals surface area contributed by atoms with Gasteiger partial charge in [-0.25, -0.2) is 0 Å². The van der Waals surface area contributed by atoms with Crippen molar-refractivity contribution < 1.29 is 92.3 Å². The number of aliphatic hydroxyl groups is 1. The molecule has 3 aliphatic rings. The van der Waals surface area contributed by atoms with Gasteiger partial charge in [0.15, 0.2) is 0 Å². The number of piperidine rings is 1. The predicted molar refractivity (Wildman–Crippen MR) is 327 cm³/mol. The van der Waals surface area contributed by atoms with Gasteiger partial charge in [0, 0.05) is 25.2 Å². The van der Waals surface area contributed by atoms with E-state index in [9.17, 15) is 92.3 Å². The maximum absolute atomic E-state index is 14.9. The number of benzene rings is 1. The SMILES string of the molecule is CCCCCCCCCCCCc1ccc(C(=O)N[C@@H](CC(=O)O)C(=O)N[C@H]2CNC(=O)[C@@H]3CCCN3C(=O)[C@H]([C@H](C)CC)NC(=O)[C@H]([C@@H](C)O)NC(=O)CNC(=O)[C@H](CC(=O)O)NC(=O)CNC(=O)[C@H](CC(=O)O)NC(=O)CNC(=O)[C@@H]3CCCCN3C2=O)cc1. The van der Waals surface area contributed by atoms with Crippen LogP contribution in [0, 0.1) is 5.92 Å². The molecule has 92 heavy (non-hydrogen) atoms. The molecule has 0 unspecified atom stereocenters. The topological polar surface area (TPSA) is 464 Å². The van der Waals surface area contributed by atoms with Crippen LogP contribution in [0.25, 0.3) is 0 Å². The molecule has 31 nitrogen and oxygen atoms in total. The number of hydrogen-bond donors (Lipinski definition) is 14. The molecule has 1 aromatic rings. The van der Waals surface area contributed by atoms with Crippen molar-refractivity contribution in [1.82, 2.24) is 63.0 Å². The van der Waals surface area contributed by atoms with Crippen molar-refractivity contribution in [2.45, 2.75) is 211 Å². The smallest absolute Gasteiger partial charge is 0.305 e. The second-order valence-electron chi connectivity index (χ2n) is 23.5. The molecule has 3 saturated heterocycles. The summed E-state index contributed by atoms with van der Waals surface area (Å²) in [6, 6.07) is -6.68. The van der Waals surface area contributed by atoms with Crippen LogP contribution in [0.5, 0.6) is 0 Å². The molecule has 10 atom stereocenters. The molecular formula is C61H92N12O19.